The second-order valence-corrected chi connectivity index (χ2v) is 6.88. The molecule has 0 aliphatic heterocycles. The quantitative estimate of drug-likeness (QED) is 0.524. The van der Waals surface area contributed by atoms with Crippen molar-refractivity contribution in [1.82, 2.24) is 29.3 Å². The highest BCUT2D eigenvalue weighted by atomic mass is 35.5. The Balaban J connectivity index is 2.25. The zero-order valence-corrected chi connectivity index (χ0v) is 17.2. The molecule has 0 amide bonds. The second kappa shape index (κ2) is 8.15. The first-order valence-electron chi connectivity index (χ1n) is 8.18. The number of tetrazole rings is 1. The number of carbonyl (C=O) groups is 1. The molecule has 0 bridgehead atoms. The molecule has 0 N–H and O–H groups in total. The first-order valence-corrected chi connectivity index (χ1v) is 8.94. The summed E-state index contributed by atoms with van der Waals surface area (Å²) < 4.78 is 45.6. The molecule has 0 unspecified atom stereocenters. The summed E-state index contributed by atoms with van der Waals surface area (Å²) in [7, 11) is 2.02. The van der Waals surface area contributed by atoms with E-state index in [-0.39, 0.29) is 44.3 Å². The van der Waals surface area contributed by atoms with Gasteiger partial charge in [0.2, 0.25) is 0 Å². The Morgan fingerprint density at radius 1 is 1.16 bits per heavy atom. The van der Waals surface area contributed by atoms with Gasteiger partial charge in [-0.25, -0.2) is 14.0 Å². The van der Waals surface area contributed by atoms with E-state index in [0.29, 0.717) is 4.57 Å². The van der Waals surface area contributed by atoms with E-state index in [1.165, 1.54) is 0 Å². The van der Waals surface area contributed by atoms with Crippen LogP contribution in [-0.2, 0) is 29.3 Å². The highest BCUT2D eigenvalue weighted by molar-refractivity contribution is 6.37. The maximum absolute atomic E-state index is 13.1. The monoisotopic (exact) mass is 478 g/mol. The van der Waals surface area contributed by atoms with Gasteiger partial charge in [-0.15, -0.1) is 5.10 Å². The van der Waals surface area contributed by atoms with Gasteiger partial charge in [0.05, 0.1) is 22.8 Å². The van der Waals surface area contributed by atoms with E-state index in [1.807, 2.05) is 0 Å². The number of carbonyl (C=O) groups excluding carboxylic acids is 1. The zero-order chi connectivity index (χ0) is 23.1. The van der Waals surface area contributed by atoms with Crippen LogP contribution in [0.4, 0.5) is 13.2 Å². The maximum Gasteiger partial charge on any atom is 0.431 e. The molecule has 3 rings (SSSR count). The molecule has 0 saturated heterocycles. The summed E-state index contributed by atoms with van der Waals surface area (Å²) in [5.74, 6) is -0.711. The highest BCUT2D eigenvalue weighted by Gasteiger charge is 2.35. The molecule has 0 radical (unpaired) electrons. The fourth-order valence-electron chi connectivity index (χ4n) is 2.69. The lowest BCUT2D eigenvalue weighted by atomic mass is 10.1. The van der Waals surface area contributed by atoms with Crippen LogP contribution in [-0.4, -0.2) is 42.4 Å². The molecule has 0 spiro atoms. The van der Waals surface area contributed by atoms with Crippen molar-refractivity contribution >= 4 is 29.2 Å². The Bertz CT molecular complexity index is 1300. The molecule has 0 atom stereocenters. The van der Waals surface area contributed by atoms with Crippen LogP contribution in [0.1, 0.15) is 5.69 Å². The maximum atomic E-state index is 13.1. The fraction of sp³-hybridized carbons (Fsp3) is 0.250. The Morgan fingerprint density at radius 3 is 2.45 bits per heavy atom. The van der Waals surface area contributed by atoms with Crippen molar-refractivity contribution in [3.63, 3.8) is 0 Å². The molecule has 31 heavy (non-hydrogen) atoms. The summed E-state index contributed by atoms with van der Waals surface area (Å²) in [6.45, 7) is -0.380. The number of alkyl halides is 3. The van der Waals surface area contributed by atoms with Gasteiger partial charge in [0.15, 0.2) is 5.82 Å². The van der Waals surface area contributed by atoms with Gasteiger partial charge in [0.25, 0.3) is 5.56 Å². The predicted molar refractivity (Wildman–Crippen MR) is 101 cm³/mol. The number of aromatic nitrogens is 6. The van der Waals surface area contributed by atoms with Gasteiger partial charge >= 0.3 is 17.8 Å². The smallest absolute Gasteiger partial charge is 0.431 e. The predicted octanol–water partition coefficient (Wildman–Crippen LogP) is 1.69. The van der Waals surface area contributed by atoms with E-state index < -0.39 is 29.1 Å². The molecular weight excluding hydrogens is 468 g/mol. The number of hydrogen-bond acceptors (Lipinski definition) is 7. The van der Waals surface area contributed by atoms with Crippen molar-refractivity contribution in [3.8, 4) is 17.1 Å². The topological polar surface area (TPSA) is 114 Å². The van der Waals surface area contributed by atoms with Crippen LogP contribution in [0.3, 0.4) is 0 Å². The molecule has 0 aliphatic rings. The SMILES string of the molecule is COC(=O)Cn1nnnc1-c1cc(-n2c(=O)cc(C(F)(F)F)n(C)c2=O)c(Cl)cc1Cl. The van der Waals surface area contributed by atoms with Gasteiger partial charge in [-0.3, -0.25) is 14.2 Å². The number of esters is 1. The van der Waals surface area contributed by atoms with Crippen LogP contribution in [0.25, 0.3) is 17.1 Å². The number of nitrogens with zero attached hydrogens (tertiary/aromatic N) is 6. The summed E-state index contributed by atoms with van der Waals surface area (Å²) in [6, 6.07) is 2.59. The molecular formula is C16H11Cl2F3N6O4. The molecule has 1 aromatic carbocycles. The van der Waals surface area contributed by atoms with Crippen LogP contribution in [0, 0.1) is 0 Å². The molecule has 0 fully saturated rings. The third kappa shape index (κ3) is 4.18. The minimum atomic E-state index is -4.92. The minimum Gasteiger partial charge on any atom is -0.468 e. The number of benzene rings is 1. The Morgan fingerprint density at radius 2 is 1.84 bits per heavy atom. The molecule has 0 saturated carbocycles. The lowest BCUT2D eigenvalue weighted by Crippen LogP contribution is -2.40. The first kappa shape index (κ1) is 22.5. The Kier molecular flexibility index (Phi) is 5.91. The van der Waals surface area contributed by atoms with Crippen LogP contribution in [0.15, 0.2) is 27.8 Å². The molecule has 2 heterocycles. The summed E-state index contributed by atoms with van der Waals surface area (Å²) in [6.07, 6.45) is -4.92. The number of halogens is 5. The van der Waals surface area contributed by atoms with E-state index in [0.717, 1.165) is 31.0 Å². The summed E-state index contributed by atoms with van der Waals surface area (Å²) in [4.78, 5) is 36.5. The highest BCUT2D eigenvalue weighted by Crippen LogP contribution is 2.33. The average molecular weight is 479 g/mol. The van der Waals surface area contributed by atoms with E-state index in [2.05, 4.69) is 20.3 Å². The number of methoxy groups -OCH3 is 1. The summed E-state index contributed by atoms with van der Waals surface area (Å²) in [5.41, 5.74) is -4.17. The molecule has 2 aromatic heterocycles. The zero-order valence-electron chi connectivity index (χ0n) is 15.6. The Labute approximate surface area is 180 Å². The van der Waals surface area contributed by atoms with Crippen molar-refractivity contribution in [3.05, 3.63) is 54.8 Å². The summed E-state index contributed by atoms with van der Waals surface area (Å²) in [5, 5.41) is 10.6. The second-order valence-electron chi connectivity index (χ2n) is 6.06. The minimum absolute atomic E-state index is 0.00792. The van der Waals surface area contributed by atoms with Gasteiger partial charge in [-0.1, -0.05) is 23.2 Å². The lowest BCUT2D eigenvalue weighted by molar-refractivity contribution is -0.144. The molecule has 164 valence electrons. The molecule has 0 aliphatic carbocycles. The van der Waals surface area contributed by atoms with E-state index in [4.69, 9.17) is 23.2 Å². The standard InChI is InChI=1S/C16H11Cl2F3N6O4/c1-25-11(16(19,20)21)5-12(28)27(15(25)30)10-3-7(8(17)4-9(10)18)14-22-23-24-26(14)6-13(29)31-2/h3-5H,6H2,1-2H3. The van der Waals surface area contributed by atoms with Crippen molar-refractivity contribution in [2.45, 2.75) is 12.7 Å². The molecule has 10 nitrogen and oxygen atoms in total. The summed E-state index contributed by atoms with van der Waals surface area (Å²) >= 11 is 12.3. The van der Waals surface area contributed by atoms with Gasteiger partial charge < -0.3 is 4.74 Å². The van der Waals surface area contributed by atoms with Gasteiger partial charge in [0.1, 0.15) is 12.2 Å². The van der Waals surface area contributed by atoms with Crippen LogP contribution < -0.4 is 11.2 Å². The number of ether oxygens (including phenoxy) is 1. The van der Waals surface area contributed by atoms with Crippen molar-refractivity contribution < 1.29 is 22.7 Å². The number of rotatable bonds is 4. The van der Waals surface area contributed by atoms with E-state index in [9.17, 15) is 27.6 Å². The van der Waals surface area contributed by atoms with Gasteiger partial charge in [0, 0.05) is 18.7 Å². The molecule has 15 heteroatoms. The van der Waals surface area contributed by atoms with Crippen molar-refractivity contribution in [2.75, 3.05) is 7.11 Å². The van der Waals surface area contributed by atoms with Crippen molar-refractivity contribution in [2.24, 2.45) is 7.05 Å². The van der Waals surface area contributed by atoms with Crippen LogP contribution >= 0.6 is 23.2 Å². The van der Waals surface area contributed by atoms with Gasteiger partial charge in [-0.2, -0.15) is 13.2 Å². The largest absolute Gasteiger partial charge is 0.468 e. The molecule has 3 aromatic rings. The number of hydrogen-bond donors (Lipinski definition) is 0. The lowest BCUT2D eigenvalue weighted by Gasteiger charge is -2.15. The first-order chi connectivity index (χ1) is 14.5. The van der Waals surface area contributed by atoms with Crippen molar-refractivity contribution in [1.29, 1.82) is 0 Å². The third-order valence-corrected chi connectivity index (χ3v) is 4.78. The van der Waals surface area contributed by atoms with E-state index in [1.54, 1.807) is 0 Å². The third-order valence-electron chi connectivity index (χ3n) is 4.17. The van der Waals surface area contributed by atoms with Crippen LogP contribution in [0.5, 0.6) is 0 Å². The fourth-order valence-corrected chi connectivity index (χ4v) is 3.24. The van der Waals surface area contributed by atoms with Gasteiger partial charge in [-0.05, 0) is 22.6 Å². The van der Waals surface area contributed by atoms with Crippen LogP contribution in [0.2, 0.25) is 10.0 Å². The average Bonchev–Trinajstić information content (AvgIpc) is 3.13. The normalized spacial score (nSPS) is 11.6. The Hall–Kier alpha value is -3.19. The van der Waals surface area contributed by atoms with E-state index >= 15 is 0 Å².